The lowest BCUT2D eigenvalue weighted by Gasteiger charge is -2.40. The fourth-order valence-electron chi connectivity index (χ4n) is 2.15. The lowest BCUT2D eigenvalue weighted by molar-refractivity contribution is 0.0688. The third-order valence-electron chi connectivity index (χ3n) is 3.92. The number of rotatable bonds is 6. The van der Waals surface area contributed by atoms with Gasteiger partial charge in [-0.15, -0.1) is 0 Å². The van der Waals surface area contributed by atoms with Crippen molar-refractivity contribution in [2.24, 2.45) is 0 Å². The van der Waals surface area contributed by atoms with Crippen LogP contribution < -0.4 is 0 Å². The molecule has 0 unspecified atom stereocenters. The molecule has 17 heavy (non-hydrogen) atoms. The second-order valence-corrected chi connectivity index (χ2v) is 13.8. The predicted octanol–water partition coefficient (Wildman–Crippen LogP) is 1.89. The molecule has 1 aliphatic rings. The average molecular weight is 278 g/mol. The molecule has 0 aromatic heterocycles. The molecule has 4 nitrogen and oxygen atoms in total. The third kappa shape index (κ3) is 4.46. The summed E-state index contributed by atoms with van der Waals surface area (Å²) in [5.41, 5.74) is 0. The van der Waals surface area contributed by atoms with E-state index in [0.29, 0.717) is 0 Å². The summed E-state index contributed by atoms with van der Waals surface area (Å²) in [6.07, 6.45) is 0. The van der Waals surface area contributed by atoms with Gasteiger partial charge in [0.15, 0.2) is 0 Å². The molecule has 0 saturated carbocycles. The van der Waals surface area contributed by atoms with Crippen molar-refractivity contribution in [2.45, 2.75) is 31.7 Å². The Morgan fingerprint density at radius 1 is 1.00 bits per heavy atom. The van der Waals surface area contributed by atoms with E-state index in [1.165, 1.54) is 6.04 Å². The number of hydrogen-bond acceptors (Lipinski definition) is 4. The molecule has 0 amide bonds. The molecule has 6 heteroatoms. The maximum absolute atomic E-state index is 5.57. The van der Waals surface area contributed by atoms with Crippen molar-refractivity contribution in [1.29, 1.82) is 0 Å². The standard InChI is InChI=1S/C11H27NO3Si2/c1-13-17(5,14-2)11-10-16(3,4)12-6-8-15-9-7-12/h6-11H2,1-5H3. The Morgan fingerprint density at radius 2 is 1.53 bits per heavy atom. The number of hydrogen-bond donors (Lipinski definition) is 0. The summed E-state index contributed by atoms with van der Waals surface area (Å²) >= 11 is 0. The molecular weight excluding hydrogens is 250 g/mol. The van der Waals surface area contributed by atoms with Crippen LogP contribution in [-0.4, -0.2) is 61.9 Å². The second-order valence-electron chi connectivity index (χ2n) is 5.45. The topological polar surface area (TPSA) is 30.9 Å². The smallest absolute Gasteiger partial charge is 0.334 e. The van der Waals surface area contributed by atoms with Gasteiger partial charge in [0.25, 0.3) is 0 Å². The molecule has 0 atom stereocenters. The summed E-state index contributed by atoms with van der Waals surface area (Å²) in [6.45, 7) is 11.0. The van der Waals surface area contributed by atoms with Crippen molar-refractivity contribution < 1.29 is 13.6 Å². The fourth-order valence-corrected chi connectivity index (χ4v) is 8.70. The minimum atomic E-state index is -1.89. The summed E-state index contributed by atoms with van der Waals surface area (Å²) in [5.74, 6) is 0. The quantitative estimate of drug-likeness (QED) is 0.694. The van der Waals surface area contributed by atoms with Crippen LogP contribution >= 0.6 is 0 Å². The highest BCUT2D eigenvalue weighted by Crippen LogP contribution is 2.24. The molecule has 0 spiro atoms. The lowest BCUT2D eigenvalue weighted by Crippen LogP contribution is -2.54. The van der Waals surface area contributed by atoms with Crippen LogP contribution in [0, 0.1) is 0 Å². The van der Waals surface area contributed by atoms with E-state index in [1.807, 2.05) is 0 Å². The molecule has 0 aromatic rings. The maximum Gasteiger partial charge on any atom is 0.334 e. The van der Waals surface area contributed by atoms with Crippen molar-refractivity contribution >= 4 is 16.8 Å². The molecule has 0 bridgehead atoms. The van der Waals surface area contributed by atoms with Crippen LogP contribution in [0.4, 0.5) is 0 Å². The first-order valence-electron chi connectivity index (χ1n) is 6.37. The molecule has 1 fully saturated rings. The summed E-state index contributed by atoms with van der Waals surface area (Å²) < 4.78 is 19.2. The predicted molar refractivity (Wildman–Crippen MR) is 75.1 cm³/mol. The van der Waals surface area contributed by atoms with Crippen molar-refractivity contribution in [2.75, 3.05) is 40.5 Å². The number of ether oxygens (including phenoxy) is 1. The average Bonchev–Trinajstić information content (AvgIpc) is 2.37. The zero-order valence-corrected chi connectivity index (χ0v) is 13.9. The van der Waals surface area contributed by atoms with E-state index in [2.05, 4.69) is 24.2 Å². The molecule has 0 N–H and O–H groups in total. The molecule has 0 radical (unpaired) electrons. The molecule has 1 heterocycles. The molecule has 1 saturated heterocycles. The van der Waals surface area contributed by atoms with Crippen molar-refractivity contribution in [3.63, 3.8) is 0 Å². The Balaban J connectivity index is 2.47. The van der Waals surface area contributed by atoms with Crippen molar-refractivity contribution in [3.05, 3.63) is 0 Å². The van der Waals surface area contributed by atoms with Crippen LogP contribution in [0.2, 0.25) is 31.7 Å². The highest BCUT2D eigenvalue weighted by Gasteiger charge is 2.36. The summed E-state index contributed by atoms with van der Waals surface area (Å²) in [4.78, 5) is 0. The zero-order valence-electron chi connectivity index (χ0n) is 11.9. The van der Waals surface area contributed by atoms with Gasteiger partial charge in [0, 0.05) is 27.3 Å². The van der Waals surface area contributed by atoms with Gasteiger partial charge in [0.1, 0.15) is 8.24 Å². The highest BCUT2D eigenvalue weighted by molar-refractivity contribution is 6.77. The van der Waals surface area contributed by atoms with Gasteiger partial charge in [0.2, 0.25) is 0 Å². The molecule has 102 valence electrons. The van der Waals surface area contributed by atoms with E-state index >= 15 is 0 Å². The van der Waals surface area contributed by atoms with Gasteiger partial charge < -0.3 is 18.2 Å². The van der Waals surface area contributed by atoms with E-state index in [9.17, 15) is 0 Å². The van der Waals surface area contributed by atoms with Gasteiger partial charge in [-0.3, -0.25) is 0 Å². The van der Waals surface area contributed by atoms with Crippen LogP contribution in [-0.2, 0) is 13.6 Å². The van der Waals surface area contributed by atoms with Crippen LogP contribution in [0.3, 0.4) is 0 Å². The first-order chi connectivity index (χ1) is 7.93. The van der Waals surface area contributed by atoms with Gasteiger partial charge in [0.05, 0.1) is 13.2 Å². The Labute approximate surface area is 108 Å². The Morgan fingerprint density at radius 3 is 2.00 bits per heavy atom. The van der Waals surface area contributed by atoms with Gasteiger partial charge in [-0.1, -0.05) is 13.1 Å². The zero-order chi connectivity index (χ0) is 12.9. The van der Waals surface area contributed by atoms with Crippen LogP contribution in [0.1, 0.15) is 0 Å². The van der Waals surface area contributed by atoms with Crippen LogP contribution in [0.5, 0.6) is 0 Å². The van der Waals surface area contributed by atoms with Crippen LogP contribution in [0.25, 0.3) is 0 Å². The molecule has 1 rings (SSSR count). The van der Waals surface area contributed by atoms with E-state index < -0.39 is 16.8 Å². The largest absolute Gasteiger partial charge is 0.398 e. The Kier molecular flexibility index (Phi) is 5.81. The van der Waals surface area contributed by atoms with Gasteiger partial charge >= 0.3 is 8.56 Å². The monoisotopic (exact) mass is 277 g/mol. The normalized spacial score (nSPS) is 19.6. The second kappa shape index (κ2) is 6.44. The molecule has 1 aliphatic heterocycles. The molecule has 0 aromatic carbocycles. The maximum atomic E-state index is 5.57. The number of nitrogens with zero attached hydrogens (tertiary/aromatic N) is 1. The highest BCUT2D eigenvalue weighted by atomic mass is 28.4. The van der Waals surface area contributed by atoms with Gasteiger partial charge in [-0.2, -0.15) is 0 Å². The minimum absolute atomic E-state index is 0.889. The number of morpholine rings is 1. The lowest BCUT2D eigenvalue weighted by atomic mass is 10.5. The van der Waals surface area contributed by atoms with E-state index in [0.717, 1.165) is 32.3 Å². The Hall–Kier alpha value is 0.274. The first-order valence-corrected chi connectivity index (χ1v) is 12.0. The third-order valence-corrected chi connectivity index (χ3v) is 10.9. The molecular formula is C11H27NO3Si2. The van der Waals surface area contributed by atoms with Gasteiger partial charge in [-0.05, 0) is 18.6 Å². The first kappa shape index (κ1) is 15.3. The van der Waals surface area contributed by atoms with E-state index in [-0.39, 0.29) is 0 Å². The molecule has 0 aliphatic carbocycles. The van der Waals surface area contributed by atoms with E-state index in [1.54, 1.807) is 14.2 Å². The minimum Gasteiger partial charge on any atom is -0.398 e. The fraction of sp³-hybridized carbons (Fsp3) is 1.00. The van der Waals surface area contributed by atoms with Gasteiger partial charge in [-0.25, -0.2) is 0 Å². The summed E-state index contributed by atoms with van der Waals surface area (Å²) in [5, 5.41) is 0. The summed E-state index contributed by atoms with van der Waals surface area (Å²) in [7, 11) is 0.343. The summed E-state index contributed by atoms with van der Waals surface area (Å²) in [6, 6.07) is 2.34. The Bertz CT molecular complexity index is 229. The van der Waals surface area contributed by atoms with Crippen molar-refractivity contribution in [1.82, 2.24) is 4.57 Å². The SMILES string of the molecule is CO[Si](C)(CC[Si](C)(C)N1CCOCC1)OC. The van der Waals surface area contributed by atoms with Crippen LogP contribution in [0.15, 0.2) is 0 Å². The van der Waals surface area contributed by atoms with Crippen molar-refractivity contribution in [3.8, 4) is 0 Å². The van der Waals surface area contributed by atoms with E-state index in [4.69, 9.17) is 13.6 Å².